The van der Waals surface area contributed by atoms with E-state index in [-0.39, 0.29) is 23.4 Å². The summed E-state index contributed by atoms with van der Waals surface area (Å²) in [6.45, 7) is 0.200. The number of anilines is 1. The molecule has 2 aromatic heterocycles. The van der Waals surface area contributed by atoms with Gasteiger partial charge in [0.05, 0.1) is 16.5 Å². The number of sulfonamides is 1. The molecule has 11 heteroatoms. The van der Waals surface area contributed by atoms with E-state index in [1.54, 1.807) is 23.0 Å². The van der Waals surface area contributed by atoms with E-state index >= 15 is 0 Å². The largest absolute Gasteiger partial charge is 0.416 e. The summed E-state index contributed by atoms with van der Waals surface area (Å²) in [6.07, 6.45) is 0.382. The third-order valence-electron chi connectivity index (χ3n) is 5.68. The summed E-state index contributed by atoms with van der Waals surface area (Å²) in [5.41, 5.74) is 1.02. The average molecular weight is 464 g/mol. The fourth-order valence-corrected chi connectivity index (χ4v) is 5.79. The van der Waals surface area contributed by atoms with Crippen LogP contribution in [0.5, 0.6) is 0 Å². The SMILES string of the molecule is COCn1cc2c(n1)-c1cccnc1N(S(=O)(=O)c1ccc(C(F)(F)F)cc1)C2C1CC1. The van der Waals surface area contributed by atoms with Crippen molar-refractivity contribution in [1.82, 2.24) is 14.8 Å². The topological polar surface area (TPSA) is 77.3 Å². The predicted octanol–water partition coefficient (Wildman–Crippen LogP) is 4.23. The summed E-state index contributed by atoms with van der Waals surface area (Å²) < 4.78 is 74.5. The zero-order chi connectivity index (χ0) is 22.7. The first-order valence-electron chi connectivity index (χ1n) is 9.95. The minimum absolute atomic E-state index is 0.0633. The molecule has 1 unspecified atom stereocenters. The number of halogens is 3. The standard InChI is InChI=1S/C21H19F3N4O3S/c1-31-12-27-11-17-18(26-27)16-3-2-10-25-20(16)28(19(17)13-4-5-13)32(29,30)15-8-6-14(7-9-15)21(22,23)24/h2-3,6-11,13,19H,4-5,12H2,1H3. The predicted molar refractivity (Wildman–Crippen MR) is 109 cm³/mol. The molecule has 0 radical (unpaired) electrons. The van der Waals surface area contributed by atoms with Crippen LogP contribution >= 0.6 is 0 Å². The second kappa shape index (κ2) is 7.31. The van der Waals surface area contributed by atoms with Crippen LogP contribution in [-0.4, -0.2) is 30.3 Å². The Morgan fingerprint density at radius 3 is 2.50 bits per heavy atom. The van der Waals surface area contributed by atoms with Gasteiger partial charge in [0.25, 0.3) is 10.0 Å². The van der Waals surface area contributed by atoms with Crippen molar-refractivity contribution in [3.63, 3.8) is 0 Å². The fraction of sp³-hybridized carbons (Fsp3) is 0.333. The summed E-state index contributed by atoms with van der Waals surface area (Å²) in [6, 6.07) is 6.44. The lowest BCUT2D eigenvalue weighted by Crippen LogP contribution is -2.39. The van der Waals surface area contributed by atoms with E-state index in [1.807, 2.05) is 0 Å². The van der Waals surface area contributed by atoms with E-state index < -0.39 is 27.8 Å². The molecule has 0 saturated heterocycles. The van der Waals surface area contributed by atoms with Gasteiger partial charge in [0.1, 0.15) is 12.4 Å². The smallest absolute Gasteiger partial charge is 0.362 e. The number of ether oxygens (including phenoxy) is 1. The first kappa shape index (κ1) is 21.0. The summed E-state index contributed by atoms with van der Waals surface area (Å²) in [5, 5.41) is 4.58. The molecular formula is C21H19F3N4O3S. The minimum atomic E-state index is -4.55. The van der Waals surface area contributed by atoms with Crippen LogP contribution in [0.25, 0.3) is 11.3 Å². The van der Waals surface area contributed by atoms with Crippen LogP contribution < -0.4 is 4.31 Å². The molecule has 0 N–H and O–H groups in total. The molecule has 168 valence electrons. The molecule has 32 heavy (non-hydrogen) atoms. The van der Waals surface area contributed by atoms with Crippen LogP contribution in [0.1, 0.15) is 30.0 Å². The molecule has 5 rings (SSSR count). The lowest BCUT2D eigenvalue weighted by Gasteiger charge is -2.36. The number of alkyl halides is 3. The van der Waals surface area contributed by atoms with Crippen molar-refractivity contribution in [3.8, 4) is 11.3 Å². The van der Waals surface area contributed by atoms with Gasteiger partial charge in [0.2, 0.25) is 0 Å². The number of pyridine rings is 1. The van der Waals surface area contributed by atoms with Gasteiger partial charge in [-0.05, 0) is 55.2 Å². The lowest BCUT2D eigenvalue weighted by atomic mass is 9.95. The minimum Gasteiger partial charge on any atom is -0.362 e. The van der Waals surface area contributed by atoms with Gasteiger partial charge in [0, 0.05) is 30.6 Å². The van der Waals surface area contributed by atoms with E-state index in [1.165, 1.54) is 17.6 Å². The number of methoxy groups -OCH3 is 1. The Morgan fingerprint density at radius 1 is 1.16 bits per heavy atom. The van der Waals surface area contributed by atoms with Gasteiger partial charge in [0.15, 0.2) is 5.82 Å². The number of fused-ring (bicyclic) bond motifs is 3. The van der Waals surface area contributed by atoms with Gasteiger partial charge in [-0.3, -0.25) is 0 Å². The van der Waals surface area contributed by atoms with E-state index in [9.17, 15) is 21.6 Å². The first-order valence-corrected chi connectivity index (χ1v) is 11.4. The molecule has 3 aromatic rings. The van der Waals surface area contributed by atoms with E-state index in [2.05, 4.69) is 10.1 Å². The highest BCUT2D eigenvalue weighted by molar-refractivity contribution is 7.92. The number of rotatable bonds is 5. The summed E-state index contributed by atoms with van der Waals surface area (Å²) in [4.78, 5) is 4.13. The van der Waals surface area contributed by atoms with Crippen LogP contribution in [0.3, 0.4) is 0 Å². The Hall–Kier alpha value is -2.92. The van der Waals surface area contributed by atoms with Crippen LogP contribution in [-0.2, 0) is 27.7 Å². The third-order valence-corrected chi connectivity index (χ3v) is 7.47. The Kier molecular flexibility index (Phi) is 4.79. The molecule has 7 nitrogen and oxygen atoms in total. The van der Waals surface area contributed by atoms with Crippen molar-refractivity contribution in [2.24, 2.45) is 5.92 Å². The molecule has 1 saturated carbocycles. The molecule has 1 aliphatic carbocycles. The molecule has 1 atom stereocenters. The number of benzene rings is 1. The van der Waals surface area contributed by atoms with Gasteiger partial charge in [-0.2, -0.15) is 18.3 Å². The quantitative estimate of drug-likeness (QED) is 0.565. The van der Waals surface area contributed by atoms with Crippen molar-refractivity contribution >= 4 is 15.8 Å². The van der Waals surface area contributed by atoms with Crippen LogP contribution in [0.2, 0.25) is 0 Å². The van der Waals surface area contributed by atoms with Gasteiger partial charge < -0.3 is 4.74 Å². The van der Waals surface area contributed by atoms with Gasteiger partial charge in [-0.15, -0.1) is 0 Å². The van der Waals surface area contributed by atoms with Crippen molar-refractivity contribution in [3.05, 3.63) is 59.9 Å². The molecule has 0 amide bonds. The molecular weight excluding hydrogens is 445 g/mol. The van der Waals surface area contributed by atoms with Crippen LogP contribution in [0.4, 0.5) is 19.0 Å². The third kappa shape index (κ3) is 3.36. The maximum atomic E-state index is 13.7. The average Bonchev–Trinajstić information content (AvgIpc) is 3.51. The van der Waals surface area contributed by atoms with Crippen LogP contribution in [0.15, 0.2) is 53.7 Å². The molecule has 2 aliphatic rings. The molecule has 1 aliphatic heterocycles. The normalized spacial score (nSPS) is 18.4. The maximum absolute atomic E-state index is 13.7. The van der Waals surface area contributed by atoms with Gasteiger partial charge in [-0.25, -0.2) is 22.4 Å². The molecule has 3 heterocycles. The highest BCUT2D eigenvalue weighted by Crippen LogP contribution is 2.54. The molecule has 0 bridgehead atoms. The summed E-state index contributed by atoms with van der Waals surface area (Å²) in [5.74, 6) is 0.285. The van der Waals surface area contributed by atoms with E-state index in [0.29, 0.717) is 11.3 Å². The fourth-order valence-electron chi connectivity index (χ4n) is 4.13. The zero-order valence-electron chi connectivity index (χ0n) is 17.0. The van der Waals surface area contributed by atoms with E-state index in [4.69, 9.17) is 4.74 Å². The summed E-state index contributed by atoms with van der Waals surface area (Å²) >= 11 is 0. The second-order valence-electron chi connectivity index (χ2n) is 7.87. The Morgan fingerprint density at radius 2 is 1.88 bits per heavy atom. The highest BCUT2D eigenvalue weighted by atomic mass is 32.2. The van der Waals surface area contributed by atoms with Gasteiger partial charge in [-0.1, -0.05) is 0 Å². The first-order chi connectivity index (χ1) is 15.2. The molecule has 0 spiro atoms. The monoisotopic (exact) mass is 464 g/mol. The van der Waals surface area contributed by atoms with Gasteiger partial charge >= 0.3 is 6.18 Å². The Bertz CT molecular complexity index is 1270. The lowest BCUT2D eigenvalue weighted by molar-refractivity contribution is -0.137. The number of hydrogen-bond acceptors (Lipinski definition) is 5. The summed E-state index contributed by atoms with van der Waals surface area (Å²) in [7, 11) is -2.66. The Labute approximate surface area is 182 Å². The molecule has 1 fully saturated rings. The van der Waals surface area contributed by atoms with Crippen molar-refractivity contribution < 1.29 is 26.3 Å². The number of nitrogens with zero attached hydrogens (tertiary/aromatic N) is 4. The highest BCUT2D eigenvalue weighted by Gasteiger charge is 2.48. The van der Waals surface area contributed by atoms with Crippen molar-refractivity contribution in [1.29, 1.82) is 0 Å². The second-order valence-corrected chi connectivity index (χ2v) is 9.69. The van der Waals surface area contributed by atoms with Crippen LogP contribution in [0, 0.1) is 5.92 Å². The number of hydrogen-bond donors (Lipinski definition) is 0. The maximum Gasteiger partial charge on any atom is 0.416 e. The zero-order valence-corrected chi connectivity index (χ0v) is 17.8. The van der Waals surface area contributed by atoms with Crippen molar-refractivity contribution in [2.45, 2.75) is 36.7 Å². The number of aromatic nitrogens is 3. The molecule has 1 aromatic carbocycles. The van der Waals surface area contributed by atoms with E-state index in [0.717, 1.165) is 42.7 Å². The van der Waals surface area contributed by atoms with Crippen molar-refractivity contribution in [2.75, 3.05) is 11.4 Å². The Balaban J connectivity index is 1.67.